The molecular formula is C6H5FN2OS. The van der Waals surface area contributed by atoms with Crippen LogP contribution in [0.25, 0.3) is 5.57 Å². The summed E-state index contributed by atoms with van der Waals surface area (Å²) in [4.78, 5) is 13.9. The number of hydrogen-bond donors (Lipinski definition) is 1. The first-order valence-corrected chi connectivity index (χ1v) is 3.63. The fourth-order valence-corrected chi connectivity index (χ4v) is 1.13. The van der Waals surface area contributed by atoms with Gasteiger partial charge in [-0.15, -0.1) is 11.3 Å². The van der Waals surface area contributed by atoms with Crippen molar-refractivity contribution in [3.63, 3.8) is 0 Å². The molecule has 0 fully saturated rings. The minimum Gasteiger partial charge on any atom is -0.375 e. The van der Waals surface area contributed by atoms with Crippen molar-refractivity contribution in [2.24, 2.45) is 0 Å². The number of thiazole rings is 1. The predicted molar refractivity (Wildman–Crippen MR) is 41.7 cm³/mol. The van der Waals surface area contributed by atoms with Crippen molar-refractivity contribution >= 4 is 28.3 Å². The maximum absolute atomic E-state index is 11.9. The molecule has 1 heterocycles. The largest absolute Gasteiger partial charge is 0.375 e. The SMILES string of the molecule is Nc1nc(/C(C=O)=C\F)cs1. The fourth-order valence-electron chi connectivity index (χ4n) is 0.562. The average Bonchev–Trinajstić information content (AvgIpc) is 2.39. The Morgan fingerprint density at radius 2 is 2.55 bits per heavy atom. The number of hydrogen-bond acceptors (Lipinski definition) is 4. The minimum atomic E-state index is -0.0852. The van der Waals surface area contributed by atoms with Crippen LogP contribution in [0.2, 0.25) is 0 Å². The summed E-state index contributed by atoms with van der Waals surface area (Å²) in [6.45, 7) is 0. The van der Waals surface area contributed by atoms with Crippen LogP contribution in [0.3, 0.4) is 0 Å². The van der Waals surface area contributed by atoms with Crippen LogP contribution < -0.4 is 5.73 Å². The molecule has 0 radical (unpaired) electrons. The fraction of sp³-hybridized carbons (Fsp3) is 0. The molecule has 3 nitrogen and oxygen atoms in total. The second-order valence-electron chi connectivity index (χ2n) is 1.75. The van der Waals surface area contributed by atoms with Crippen LogP contribution >= 0.6 is 11.3 Å². The number of halogens is 1. The molecule has 0 spiro atoms. The molecular weight excluding hydrogens is 167 g/mol. The van der Waals surface area contributed by atoms with Gasteiger partial charge in [-0.25, -0.2) is 9.37 Å². The number of aromatic nitrogens is 1. The second kappa shape index (κ2) is 3.25. The molecule has 0 aromatic carbocycles. The summed E-state index contributed by atoms with van der Waals surface area (Å²) in [7, 11) is 0. The van der Waals surface area contributed by atoms with Crippen molar-refractivity contribution in [3.8, 4) is 0 Å². The highest BCUT2D eigenvalue weighted by Crippen LogP contribution is 2.17. The van der Waals surface area contributed by atoms with Gasteiger partial charge in [0.1, 0.15) is 0 Å². The number of carbonyl (C=O) groups is 1. The van der Waals surface area contributed by atoms with Gasteiger partial charge in [-0.1, -0.05) is 0 Å². The van der Waals surface area contributed by atoms with Gasteiger partial charge in [-0.05, 0) is 0 Å². The molecule has 2 N–H and O–H groups in total. The molecule has 0 unspecified atom stereocenters. The average molecular weight is 172 g/mol. The Morgan fingerprint density at radius 1 is 1.82 bits per heavy atom. The Hall–Kier alpha value is -1.23. The molecule has 0 atom stereocenters. The van der Waals surface area contributed by atoms with E-state index in [1.165, 1.54) is 5.38 Å². The summed E-state index contributed by atoms with van der Waals surface area (Å²) in [5, 5.41) is 1.84. The first kappa shape index (κ1) is 7.87. The maximum Gasteiger partial charge on any atom is 0.180 e. The lowest BCUT2D eigenvalue weighted by Gasteiger charge is -1.86. The van der Waals surface area contributed by atoms with Crippen molar-refractivity contribution in [2.45, 2.75) is 0 Å². The summed E-state index contributed by atoms with van der Waals surface area (Å²) in [6, 6.07) is 0. The molecule has 0 aliphatic carbocycles. The zero-order valence-electron chi connectivity index (χ0n) is 5.45. The summed E-state index contributed by atoms with van der Waals surface area (Å²) in [5.74, 6) is 0. The molecule has 1 aromatic heterocycles. The van der Waals surface area contributed by atoms with Crippen LogP contribution in [0.15, 0.2) is 11.7 Å². The normalized spacial score (nSPS) is 11.5. The van der Waals surface area contributed by atoms with Crippen LogP contribution in [0.1, 0.15) is 5.69 Å². The van der Waals surface area contributed by atoms with Gasteiger partial charge in [-0.2, -0.15) is 0 Å². The summed E-state index contributed by atoms with van der Waals surface area (Å²) in [6.07, 6.45) is 0.607. The maximum atomic E-state index is 11.9. The number of nitrogens with two attached hydrogens (primary N) is 1. The van der Waals surface area contributed by atoms with Crippen molar-refractivity contribution in [3.05, 3.63) is 17.4 Å². The highest BCUT2D eigenvalue weighted by atomic mass is 32.1. The first-order chi connectivity index (χ1) is 5.27. The van der Waals surface area contributed by atoms with Gasteiger partial charge in [0.05, 0.1) is 17.6 Å². The standard InChI is InChI=1S/C6H5FN2OS/c7-1-4(2-10)5-3-11-6(8)9-5/h1-3H,(H2,8,9)/b4-1-. The van der Waals surface area contributed by atoms with E-state index in [-0.39, 0.29) is 17.6 Å². The molecule has 1 aromatic rings. The third kappa shape index (κ3) is 1.62. The molecule has 0 bridgehead atoms. The Morgan fingerprint density at radius 3 is 2.91 bits per heavy atom. The zero-order valence-corrected chi connectivity index (χ0v) is 6.27. The lowest BCUT2D eigenvalue weighted by atomic mass is 10.3. The quantitative estimate of drug-likeness (QED) is 0.539. The lowest BCUT2D eigenvalue weighted by Crippen LogP contribution is -1.87. The molecule has 0 amide bonds. The Labute approximate surface area is 66.4 Å². The molecule has 0 saturated heterocycles. The molecule has 58 valence electrons. The van der Waals surface area contributed by atoms with E-state index in [9.17, 15) is 9.18 Å². The van der Waals surface area contributed by atoms with E-state index in [1.807, 2.05) is 0 Å². The zero-order chi connectivity index (χ0) is 8.27. The Kier molecular flexibility index (Phi) is 2.32. The van der Waals surface area contributed by atoms with Crippen LogP contribution in [-0.4, -0.2) is 11.3 Å². The number of nitrogens with zero attached hydrogens (tertiary/aromatic N) is 1. The van der Waals surface area contributed by atoms with Gasteiger partial charge >= 0.3 is 0 Å². The third-order valence-corrected chi connectivity index (χ3v) is 1.74. The van der Waals surface area contributed by atoms with E-state index in [2.05, 4.69) is 4.98 Å². The number of allylic oxidation sites excluding steroid dienone is 1. The van der Waals surface area contributed by atoms with E-state index >= 15 is 0 Å². The van der Waals surface area contributed by atoms with Crippen molar-refractivity contribution in [1.29, 1.82) is 0 Å². The third-order valence-electron chi connectivity index (χ3n) is 1.06. The highest BCUT2D eigenvalue weighted by Gasteiger charge is 2.03. The molecule has 0 aliphatic rings. The van der Waals surface area contributed by atoms with Crippen LogP contribution in [-0.2, 0) is 4.79 Å². The van der Waals surface area contributed by atoms with Crippen molar-refractivity contribution < 1.29 is 9.18 Å². The smallest absolute Gasteiger partial charge is 0.180 e. The van der Waals surface area contributed by atoms with Crippen LogP contribution in [0, 0.1) is 0 Å². The molecule has 0 aliphatic heterocycles. The van der Waals surface area contributed by atoms with Gasteiger partial charge in [0.25, 0.3) is 0 Å². The monoisotopic (exact) mass is 172 g/mol. The molecule has 0 saturated carbocycles. The van der Waals surface area contributed by atoms with Crippen LogP contribution in [0.4, 0.5) is 9.52 Å². The summed E-state index contributed by atoms with van der Waals surface area (Å²) in [5.41, 5.74) is 5.46. The molecule has 1 rings (SSSR count). The van der Waals surface area contributed by atoms with Gasteiger partial charge in [0.2, 0.25) is 0 Å². The number of aldehydes is 1. The Balaban J connectivity index is 3.00. The summed E-state index contributed by atoms with van der Waals surface area (Å²) >= 11 is 1.16. The number of anilines is 1. The van der Waals surface area contributed by atoms with E-state index in [0.717, 1.165) is 11.3 Å². The van der Waals surface area contributed by atoms with Crippen molar-refractivity contribution in [2.75, 3.05) is 5.73 Å². The minimum absolute atomic E-state index is 0.0852. The topological polar surface area (TPSA) is 56.0 Å². The van der Waals surface area contributed by atoms with E-state index in [0.29, 0.717) is 11.4 Å². The van der Waals surface area contributed by atoms with Gasteiger partial charge in [0.15, 0.2) is 11.4 Å². The van der Waals surface area contributed by atoms with Gasteiger partial charge in [0, 0.05) is 5.38 Å². The van der Waals surface area contributed by atoms with Crippen molar-refractivity contribution in [1.82, 2.24) is 4.98 Å². The van der Waals surface area contributed by atoms with Gasteiger partial charge < -0.3 is 5.73 Å². The van der Waals surface area contributed by atoms with E-state index in [4.69, 9.17) is 5.73 Å². The number of nitrogen functional groups attached to an aromatic ring is 1. The summed E-state index contributed by atoms with van der Waals surface area (Å²) < 4.78 is 11.9. The van der Waals surface area contributed by atoms with E-state index < -0.39 is 0 Å². The van der Waals surface area contributed by atoms with Crippen LogP contribution in [0.5, 0.6) is 0 Å². The number of rotatable bonds is 2. The number of carbonyl (C=O) groups excluding carboxylic acids is 1. The lowest BCUT2D eigenvalue weighted by molar-refractivity contribution is -0.103. The first-order valence-electron chi connectivity index (χ1n) is 2.75. The highest BCUT2D eigenvalue weighted by molar-refractivity contribution is 7.13. The predicted octanol–water partition coefficient (Wildman–Crippen LogP) is 1.23. The molecule has 5 heteroatoms. The Bertz CT molecular complexity index is 295. The van der Waals surface area contributed by atoms with E-state index in [1.54, 1.807) is 0 Å². The molecule has 11 heavy (non-hydrogen) atoms. The van der Waals surface area contributed by atoms with Gasteiger partial charge in [-0.3, -0.25) is 4.79 Å². The second-order valence-corrected chi connectivity index (χ2v) is 2.64.